The molecule has 2 rings (SSSR count). The van der Waals surface area contributed by atoms with E-state index in [0.717, 1.165) is 0 Å². The van der Waals surface area contributed by atoms with Crippen molar-refractivity contribution in [2.75, 3.05) is 6.54 Å². The molecule has 0 unspecified atom stereocenters. The number of hydrogen-bond acceptors (Lipinski definition) is 2. The topological polar surface area (TPSA) is 57.6 Å². The zero-order chi connectivity index (χ0) is 23.6. The van der Waals surface area contributed by atoms with Gasteiger partial charge in [-0.3, -0.25) is 9.59 Å². The maximum Gasteiger partial charge on any atom is 0.417 e. The molecule has 168 valence electrons. The van der Waals surface area contributed by atoms with Crippen LogP contribution in [0.15, 0.2) is 36.4 Å². The number of aliphatic carboxylic acids is 1. The zero-order valence-electron chi connectivity index (χ0n) is 16.6. The van der Waals surface area contributed by atoms with Crippen LogP contribution in [0, 0.1) is 0 Å². The first-order valence-corrected chi connectivity index (χ1v) is 9.12. The Morgan fingerprint density at radius 2 is 1.48 bits per heavy atom. The molecule has 0 aromatic heterocycles. The number of carboxylic acid groups (broad SMARTS) is 1. The van der Waals surface area contributed by atoms with Gasteiger partial charge in [-0.25, -0.2) is 0 Å². The fraction of sp³-hybridized carbons (Fsp3) is 0.333. The number of halogens is 6. The first-order valence-electron chi connectivity index (χ1n) is 9.12. The second-order valence-corrected chi connectivity index (χ2v) is 6.81. The number of carboxylic acids is 1. The van der Waals surface area contributed by atoms with E-state index in [1.54, 1.807) is 6.92 Å². The van der Waals surface area contributed by atoms with E-state index in [9.17, 15) is 35.9 Å². The Labute approximate surface area is 174 Å². The molecule has 1 N–H and O–H groups in total. The number of hydrogen-bond donors (Lipinski definition) is 1. The van der Waals surface area contributed by atoms with Gasteiger partial charge in [-0.15, -0.1) is 0 Å². The molecule has 0 saturated carbocycles. The van der Waals surface area contributed by atoms with Crippen LogP contribution >= 0.6 is 0 Å². The van der Waals surface area contributed by atoms with Crippen LogP contribution in [0.25, 0.3) is 11.1 Å². The molecule has 0 atom stereocenters. The molecule has 1 amide bonds. The molecule has 0 radical (unpaired) electrons. The van der Waals surface area contributed by atoms with Crippen LogP contribution in [0.3, 0.4) is 0 Å². The quantitative estimate of drug-likeness (QED) is 0.605. The van der Waals surface area contributed by atoms with Crippen molar-refractivity contribution in [2.45, 2.75) is 39.2 Å². The number of amides is 1. The molecule has 0 aliphatic rings. The van der Waals surface area contributed by atoms with Gasteiger partial charge in [0.05, 0.1) is 17.5 Å². The van der Waals surface area contributed by atoms with Gasteiger partial charge in [0.15, 0.2) is 0 Å². The second-order valence-electron chi connectivity index (χ2n) is 6.81. The van der Waals surface area contributed by atoms with E-state index < -0.39 is 47.0 Å². The Morgan fingerprint density at radius 3 is 1.97 bits per heavy atom. The van der Waals surface area contributed by atoms with Crippen molar-refractivity contribution in [1.29, 1.82) is 0 Å². The van der Waals surface area contributed by atoms with Gasteiger partial charge in [0.2, 0.25) is 5.91 Å². The van der Waals surface area contributed by atoms with E-state index in [2.05, 4.69) is 0 Å². The Balaban J connectivity index is 2.82. The first-order chi connectivity index (χ1) is 14.3. The van der Waals surface area contributed by atoms with E-state index in [1.165, 1.54) is 36.1 Å². The predicted octanol–water partition coefficient (Wildman–Crippen LogP) is 5.39. The zero-order valence-corrected chi connectivity index (χ0v) is 16.6. The van der Waals surface area contributed by atoms with Crippen molar-refractivity contribution >= 4 is 11.9 Å². The average molecular weight is 447 g/mol. The highest BCUT2D eigenvalue weighted by Gasteiger charge is 2.40. The van der Waals surface area contributed by atoms with E-state index in [-0.39, 0.29) is 36.2 Å². The van der Waals surface area contributed by atoms with Gasteiger partial charge in [-0.2, -0.15) is 26.3 Å². The number of rotatable bonds is 6. The number of benzene rings is 2. The fourth-order valence-electron chi connectivity index (χ4n) is 3.25. The maximum atomic E-state index is 13.7. The maximum absolute atomic E-state index is 13.7. The monoisotopic (exact) mass is 447 g/mol. The minimum atomic E-state index is -5.17. The van der Waals surface area contributed by atoms with E-state index in [1.807, 2.05) is 0 Å². The Bertz CT molecular complexity index is 982. The highest BCUT2D eigenvalue weighted by atomic mass is 19.4. The first kappa shape index (κ1) is 24.2. The highest BCUT2D eigenvalue weighted by Crippen LogP contribution is 2.43. The summed E-state index contributed by atoms with van der Waals surface area (Å²) < 4.78 is 81.4. The summed E-state index contributed by atoms with van der Waals surface area (Å²) in [6.07, 6.45) is -11.4. The van der Waals surface area contributed by atoms with Gasteiger partial charge in [0.1, 0.15) is 0 Å². The number of carbonyl (C=O) groups is 2. The van der Waals surface area contributed by atoms with Crippen LogP contribution in [0.4, 0.5) is 26.3 Å². The molecule has 10 heteroatoms. The van der Waals surface area contributed by atoms with Gasteiger partial charge in [-0.05, 0) is 41.3 Å². The number of alkyl halides is 6. The van der Waals surface area contributed by atoms with E-state index >= 15 is 0 Å². The standard InChI is InChI=1S/C21H19F6NO3/c1-3-28(12(2)29)11-13-6-4-5-7-15(13)16-8-14(9-19(30)31)17(20(22,23)24)10-18(16)21(25,26)27/h4-8,10H,3,9,11H2,1-2H3,(H,30,31). The minimum absolute atomic E-state index is 0.0325. The van der Waals surface area contributed by atoms with Crippen LogP contribution in [0.5, 0.6) is 0 Å². The predicted molar refractivity (Wildman–Crippen MR) is 100.0 cm³/mol. The van der Waals surface area contributed by atoms with Crippen LogP contribution in [-0.4, -0.2) is 28.4 Å². The lowest BCUT2D eigenvalue weighted by atomic mass is 9.89. The van der Waals surface area contributed by atoms with Crippen molar-refractivity contribution in [3.63, 3.8) is 0 Å². The van der Waals surface area contributed by atoms with Crippen molar-refractivity contribution in [1.82, 2.24) is 4.90 Å². The molecular weight excluding hydrogens is 428 g/mol. The Morgan fingerprint density at radius 1 is 0.903 bits per heavy atom. The van der Waals surface area contributed by atoms with Crippen molar-refractivity contribution in [3.05, 3.63) is 58.7 Å². The molecule has 2 aromatic carbocycles. The summed E-state index contributed by atoms with van der Waals surface area (Å²) in [5.74, 6) is -1.94. The van der Waals surface area contributed by atoms with Gasteiger partial charge < -0.3 is 10.0 Å². The fourth-order valence-corrected chi connectivity index (χ4v) is 3.25. The molecular formula is C21H19F6NO3. The molecule has 0 saturated heterocycles. The summed E-state index contributed by atoms with van der Waals surface area (Å²) >= 11 is 0. The van der Waals surface area contributed by atoms with Crippen molar-refractivity contribution in [2.24, 2.45) is 0 Å². The third-order valence-electron chi connectivity index (χ3n) is 4.69. The second kappa shape index (κ2) is 8.99. The summed E-state index contributed by atoms with van der Waals surface area (Å²) in [5.41, 5.74) is -4.29. The van der Waals surface area contributed by atoms with Crippen LogP contribution in [0.1, 0.15) is 36.1 Å². The SMILES string of the molecule is CCN(Cc1ccccc1-c1cc(CC(=O)O)c(C(F)(F)F)cc1C(F)(F)F)C(C)=O. The number of carbonyl (C=O) groups excluding carboxylic acids is 1. The average Bonchev–Trinajstić information content (AvgIpc) is 2.63. The minimum Gasteiger partial charge on any atom is -0.481 e. The number of nitrogens with zero attached hydrogens (tertiary/aromatic N) is 1. The van der Waals surface area contributed by atoms with Gasteiger partial charge >= 0.3 is 18.3 Å². The van der Waals surface area contributed by atoms with Crippen molar-refractivity contribution < 1.29 is 41.0 Å². The molecule has 2 aromatic rings. The van der Waals surface area contributed by atoms with E-state index in [4.69, 9.17) is 5.11 Å². The summed E-state index contributed by atoms with van der Waals surface area (Å²) in [7, 11) is 0. The Hall–Kier alpha value is -3.04. The van der Waals surface area contributed by atoms with Crippen LogP contribution in [0.2, 0.25) is 0 Å². The molecule has 31 heavy (non-hydrogen) atoms. The van der Waals surface area contributed by atoms with Gasteiger partial charge in [-0.1, -0.05) is 24.3 Å². The van der Waals surface area contributed by atoms with Crippen molar-refractivity contribution in [3.8, 4) is 11.1 Å². The lowest BCUT2D eigenvalue weighted by Crippen LogP contribution is -2.28. The van der Waals surface area contributed by atoms with Gasteiger partial charge in [0.25, 0.3) is 0 Å². The molecule has 4 nitrogen and oxygen atoms in total. The lowest BCUT2D eigenvalue weighted by Gasteiger charge is -2.23. The van der Waals surface area contributed by atoms with Crippen LogP contribution < -0.4 is 0 Å². The van der Waals surface area contributed by atoms with Crippen LogP contribution in [-0.2, 0) is 34.9 Å². The smallest absolute Gasteiger partial charge is 0.417 e. The third kappa shape index (κ3) is 5.77. The van der Waals surface area contributed by atoms with Gasteiger partial charge in [0, 0.05) is 20.0 Å². The molecule has 0 aliphatic heterocycles. The summed E-state index contributed by atoms with van der Waals surface area (Å²) in [4.78, 5) is 24.2. The molecule has 0 fully saturated rings. The van der Waals surface area contributed by atoms with E-state index in [0.29, 0.717) is 6.07 Å². The summed E-state index contributed by atoms with van der Waals surface area (Å²) in [6.45, 7) is 3.17. The lowest BCUT2D eigenvalue weighted by molar-refractivity contribution is -0.143. The highest BCUT2D eigenvalue weighted by molar-refractivity contribution is 5.77. The third-order valence-corrected chi connectivity index (χ3v) is 4.69. The molecule has 0 aliphatic carbocycles. The summed E-state index contributed by atoms with van der Waals surface area (Å²) in [6, 6.07) is 6.29. The molecule has 0 bridgehead atoms. The normalized spacial score (nSPS) is 12.0. The molecule has 0 spiro atoms. The molecule has 0 heterocycles. The largest absolute Gasteiger partial charge is 0.481 e. The summed E-state index contributed by atoms with van der Waals surface area (Å²) in [5, 5.41) is 8.98. The Kier molecular flexibility index (Phi) is 7.03.